The highest BCUT2D eigenvalue weighted by Crippen LogP contribution is 2.32. The average molecular weight is 314 g/mol. The smallest absolute Gasteiger partial charge is 0.251 e. The van der Waals surface area contributed by atoms with Crippen LogP contribution in [0.4, 0.5) is 5.69 Å². The fraction of sp³-hybridized carbons (Fsp3) is 0.143. The lowest BCUT2D eigenvalue weighted by Gasteiger charge is -2.21. The van der Waals surface area contributed by atoms with Crippen LogP contribution in [-0.4, -0.2) is 16.9 Å². The molecule has 0 spiro atoms. The van der Waals surface area contributed by atoms with E-state index in [0.29, 0.717) is 0 Å². The molecule has 0 fully saturated rings. The molecule has 2 aromatic carbocycles. The minimum Gasteiger partial charge on any atom is -0.305 e. The summed E-state index contributed by atoms with van der Waals surface area (Å²) in [4.78, 5) is 19.1. The number of para-hydroxylation sites is 2. The molecule has 1 aliphatic heterocycles. The molecule has 1 unspecified atom stereocenters. The molecule has 24 heavy (non-hydrogen) atoms. The van der Waals surface area contributed by atoms with Crippen molar-refractivity contribution in [3.8, 4) is 0 Å². The third-order valence-electron chi connectivity index (χ3n) is 4.51. The van der Waals surface area contributed by atoms with E-state index in [1.807, 2.05) is 59.5 Å². The lowest BCUT2D eigenvalue weighted by Crippen LogP contribution is -2.34. The van der Waals surface area contributed by atoms with Crippen LogP contribution in [0.15, 0.2) is 66.9 Å². The van der Waals surface area contributed by atoms with Gasteiger partial charge in [-0.1, -0.05) is 42.5 Å². The first kappa shape index (κ1) is 14.6. The molecule has 3 aromatic rings. The van der Waals surface area contributed by atoms with E-state index in [2.05, 4.69) is 18.0 Å². The molecule has 4 rings (SSSR count). The van der Waals surface area contributed by atoms with Gasteiger partial charge in [-0.3, -0.25) is 9.78 Å². The normalized spacial score (nSPS) is 16.7. The molecule has 0 saturated heterocycles. The van der Waals surface area contributed by atoms with Gasteiger partial charge in [0.1, 0.15) is 0 Å². The summed E-state index contributed by atoms with van der Waals surface area (Å²) < 4.78 is 0. The Morgan fingerprint density at radius 1 is 1.12 bits per heavy atom. The largest absolute Gasteiger partial charge is 0.305 e. The summed E-state index contributed by atoms with van der Waals surface area (Å²) >= 11 is 0. The van der Waals surface area contributed by atoms with Crippen LogP contribution in [0.3, 0.4) is 0 Å². The number of benzene rings is 2. The van der Waals surface area contributed by atoms with Gasteiger partial charge in [-0.05, 0) is 37.1 Å². The highest BCUT2D eigenvalue weighted by molar-refractivity contribution is 6.06. The van der Waals surface area contributed by atoms with Gasteiger partial charge in [0.05, 0.1) is 5.52 Å². The number of hydrogen-bond donors (Lipinski definition) is 0. The number of hydrogen-bond acceptors (Lipinski definition) is 2. The maximum atomic E-state index is 12.7. The van der Waals surface area contributed by atoms with Crippen molar-refractivity contribution in [1.82, 2.24) is 4.98 Å². The van der Waals surface area contributed by atoms with Crippen molar-refractivity contribution < 1.29 is 4.79 Å². The number of nitrogens with zero attached hydrogens (tertiary/aromatic N) is 2. The first-order valence-corrected chi connectivity index (χ1v) is 8.17. The Balaban J connectivity index is 1.65. The monoisotopic (exact) mass is 314 g/mol. The summed E-state index contributed by atoms with van der Waals surface area (Å²) in [5.74, 6) is 0.0142. The first-order chi connectivity index (χ1) is 11.7. The predicted molar refractivity (Wildman–Crippen MR) is 97.9 cm³/mol. The van der Waals surface area contributed by atoms with Crippen molar-refractivity contribution >= 4 is 28.6 Å². The standard InChI is InChI=1S/C21H18N2O/c1-15-14-18-6-2-3-10-19(18)23(15)20(24)12-11-17-8-4-7-16-9-5-13-22-21(16)17/h2-13,15H,14H2,1H3/b12-11+. The molecule has 118 valence electrons. The van der Waals surface area contributed by atoms with E-state index < -0.39 is 0 Å². The minimum atomic E-state index is 0.0142. The van der Waals surface area contributed by atoms with E-state index in [-0.39, 0.29) is 11.9 Å². The van der Waals surface area contributed by atoms with Gasteiger partial charge >= 0.3 is 0 Å². The van der Waals surface area contributed by atoms with E-state index in [1.165, 1.54) is 5.56 Å². The van der Waals surface area contributed by atoms with Crippen LogP contribution in [0.25, 0.3) is 17.0 Å². The predicted octanol–water partition coefficient (Wildman–Crippen LogP) is 4.23. The van der Waals surface area contributed by atoms with Crippen molar-refractivity contribution in [2.24, 2.45) is 0 Å². The first-order valence-electron chi connectivity index (χ1n) is 8.17. The van der Waals surface area contributed by atoms with E-state index in [1.54, 1.807) is 12.3 Å². The van der Waals surface area contributed by atoms with Crippen molar-refractivity contribution in [2.45, 2.75) is 19.4 Å². The van der Waals surface area contributed by atoms with E-state index in [4.69, 9.17) is 0 Å². The third-order valence-corrected chi connectivity index (χ3v) is 4.51. The van der Waals surface area contributed by atoms with Gasteiger partial charge < -0.3 is 4.90 Å². The molecular weight excluding hydrogens is 296 g/mol. The van der Waals surface area contributed by atoms with Crippen molar-refractivity contribution in [3.05, 3.63) is 78.0 Å². The highest BCUT2D eigenvalue weighted by Gasteiger charge is 2.29. The SMILES string of the molecule is CC1Cc2ccccc2N1C(=O)/C=C/c1cccc2cccnc12. The quantitative estimate of drug-likeness (QED) is 0.663. The number of carbonyl (C=O) groups excluding carboxylic acids is 1. The Bertz CT molecular complexity index is 940. The summed E-state index contributed by atoms with van der Waals surface area (Å²) in [5, 5.41) is 1.08. The second-order valence-electron chi connectivity index (χ2n) is 6.15. The summed E-state index contributed by atoms with van der Waals surface area (Å²) in [6, 6.07) is 18.3. The Morgan fingerprint density at radius 3 is 2.88 bits per heavy atom. The summed E-state index contributed by atoms with van der Waals surface area (Å²) in [7, 11) is 0. The summed E-state index contributed by atoms with van der Waals surface area (Å²) in [6.45, 7) is 2.09. The highest BCUT2D eigenvalue weighted by atomic mass is 16.2. The molecule has 1 atom stereocenters. The van der Waals surface area contributed by atoms with Crippen molar-refractivity contribution in [2.75, 3.05) is 4.90 Å². The Labute approximate surface area is 141 Å². The summed E-state index contributed by atoms with van der Waals surface area (Å²) in [5.41, 5.74) is 4.13. The lowest BCUT2D eigenvalue weighted by molar-refractivity contribution is -0.114. The average Bonchev–Trinajstić information content (AvgIpc) is 2.95. The van der Waals surface area contributed by atoms with Gasteiger partial charge in [0.15, 0.2) is 0 Å². The van der Waals surface area contributed by atoms with Crippen LogP contribution in [-0.2, 0) is 11.2 Å². The van der Waals surface area contributed by atoms with Crippen LogP contribution >= 0.6 is 0 Å². The van der Waals surface area contributed by atoms with Gasteiger partial charge in [0.2, 0.25) is 0 Å². The van der Waals surface area contributed by atoms with E-state index in [9.17, 15) is 4.79 Å². The Kier molecular flexibility index (Phi) is 3.62. The molecule has 0 N–H and O–H groups in total. The van der Waals surface area contributed by atoms with Crippen LogP contribution in [0.2, 0.25) is 0 Å². The van der Waals surface area contributed by atoms with Gasteiger partial charge in [0.25, 0.3) is 5.91 Å². The fourth-order valence-electron chi connectivity index (χ4n) is 3.41. The topological polar surface area (TPSA) is 33.2 Å². The van der Waals surface area contributed by atoms with Crippen LogP contribution in [0.1, 0.15) is 18.1 Å². The maximum Gasteiger partial charge on any atom is 0.251 e. The zero-order valence-corrected chi connectivity index (χ0v) is 13.5. The molecule has 3 heteroatoms. The molecule has 0 aliphatic carbocycles. The fourth-order valence-corrected chi connectivity index (χ4v) is 3.41. The summed E-state index contributed by atoms with van der Waals surface area (Å²) in [6.07, 6.45) is 6.21. The van der Waals surface area contributed by atoms with Gasteiger partial charge in [-0.25, -0.2) is 0 Å². The molecule has 1 amide bonds. The van der Waals surface area contributed by atoms with Crippen molar-refractivity contribution in [3.63, 3.8) is 0 Å². The molecule has 0 saturated carbocycles. The van der Waals surface area contributed by atoms with Crippen molar-refractivity contribution in [1.29, 1.82) is 0 Å². The van der Waals surface area contributed by atoms with Gasteiger partial charge in [-0.15, -0.1) is 0 Å². The third kappa shape index (κ3) is 2.48. The number of rotatable bonds is 2. The zero-order valence-electron chi connectivity index (χ0n) is 13.5. The molecule has 2 heterocycles. The molecule has 0 bridgehead atoms. The van der Waals surface area contributed by atoms with Crippen LogP contribution in [0, 0.1) is 0 Å². The number of amides is 1. The van der Waals surface area contributed by atoms with Crippen LogP contribution < -0.4 is 4.90 Å². The molecule has 3 nitrogen and oxygen atoms in total. The zero-order chi connectivity index (χ0) is 16.5. The second kappa shape index (κ2) is 5.93. The number of fused-ring (bicyclic) bond motifs is 2. The van der Waals surface area contributed by atoms with Gasteiger partial charge in [0, 0.05) is 35.0 Å². The number of carbonyl (C=O) groups is 1. The Morgan fingerprint density at radius 2 is 1.96 bits per heavy atom. The second-order valence-corrected chi connectivity index (χ2v) is 6.15. The van der Waals surface area contributed by atoms with E-state index in [0.717, 1.165) is 28.6 Å². The molecule has 1 aliphatic rings. The van der Waals surface area contributed by atoms with Crippen LogP contribution in [0.5, 0.6) is 0 Å². The van der Waals surface area contributed by atoms with E-state index >= 15 is 0 Å². The Hall–Kier alpha value is -2.94. The molecule has 1 aromatic heterocycles. The maximum absolute atomic E-state index is 12.7. The minimum absolute atomic E-state index is 0.0142. The van der Waals surface area contributed by atoms with Gasteiger partial charge in [-0.2, -0.15) is 0 Å². The number of anilines is 1. The lowest BCUT2D eigenvalue weighted by atomic mass is 10.1. The number of aromatic nitrogens is 1. The number of pyridine rings is 1. The molecule has 0 radical (unpaired) electrons. The molecular formula is C21H18N2O.